The van der Waals surface area contributed by atoms with E-state index in [0.29, 0.717) is 48.1 Å². The average Bonchev–Trinajstić information content (AvgIpc) is 2.89. The molecule has 0 amide bonds. The molecule has 1 aromatic heterocycles. The molecule has 2 heterocycles. The van der Waals surface area contributed by atoms with Gasteiger partial charge in [-0.15, -0.1) is 0 Å². The Bertz CT molecular complexity index is 1470. The molecular formula is C29H28N2O5. The number of ketones is 1. The number of carbonyl (C=O) groups excluding carboxylic acids is 1. The number of aryl methyl sites for hydroxylation is 1. The van der Waals surface area contributed by atoms with Crippen molar-refractivity contribution >= 4 is 22.4 Å². The van der Waals surface area contributed by atoms with Crippen LogP contribution in [-0.4, -0.2) is 30.7 Å². The van der Waals surface area contributed by atoms with E-state index in [9.17, 15) is 9.59 Å². The summed E-state index contributed by atoms with van der Waals surface area (Å²) in [7, 11) is 1.59. The van der Waals surface area contributed by atoms with Gasteiger partial charge in [-0.1, -0.05) is 29.8 Å². The molecule has 0 fully saturated rings. The summed E-state index contributed by atoms with van der Waals surface area (Å²) in [4.78, 5) is 26.7. The second kappa shape index (κ2) is 10.2. The maximum Gasteiger partial charge on any atom is 0.256 e. The maximum absolute atomic E-state index is 13.6. The van der Waals surface area contributed by atoms with Crippen LogP contribution >= 0.6 is 0 Å². The van der Waals surface area contributed by atoms with Gasteiger partial charge in [0.2, 0.25) is 0 Å². The summed E-state index contributed by atoms with van der Waals surface area (Å²) in [6.07, 6.45) is 0.196. The van der Waals surface area contributed by atoms with Crippen LogP contribution in [0.15, 0.2) is 71.5 Å². The Morgan fingerprint density at radius 3 is 2.50 bits per heavy atom. The molecule has 184 valence electrons. The number of aromatic nitrogens is 1. The average molecular weight is 485 g/mol. The fraction of sp³-hybridized carbons (Fsp3) is 0.241. The Labute approximate surface area is 209 Å². The van der Waals surface area contributed by atoms with E-state index in [-0.39, 0.29) is 24.3 Å². The Morgan fingerprint density at radius 2 is 1.75 bits per heavy atom. The van der Waals surface area contributed by atoms with Gasteiger partial charge in [-0.25, -0.2) is 0 Å². The molecule has 0 aliphatic carbocycles. The lowest BCUT2D eigenvalue weighted by Crippen LogP contribution is -2.29. The lowest BCUT2D eigenvalue weighted by Gasteiger charge is -2.21. The van der Waals surface area contributed by atoms with E-state index in [2.05, 4.69) is 5.32 Å². The van der Waals surface area contributed by atoms with Crippen molar-refractivity contribution in [3.63, 3.8) is 0 Å². The van der Waals surface area contributed by atoms with Crippen LogP contribution in [0.2, 0.25) is 0 Å². The topological polar surface area (TPSA) is 78.8 Å². The first-order valence-corrected chi connectivity index (χ1v) is 11.9. The highest BCUT2D eigenvalue weighted by molar-refractivity contribution is 5.87. The number of rotatable bonds is 8. The number of fused-ring (bicyclic) bond motifs is 2. The number of benzene rings is 3. The van der Waals surface area contributed by atoms with Gasteiger partial charge in [0.25, 0.3) is 5.56 Å². The molecule has 0 spiro atoms. The number of hydrogen-bond donors (Lipinski definition) is 1. The molecule has 4 aromatic rings. The van der Waals surface area contributed by atoms with Crippen LogP contribution in [0.4, 0.5) is 5.69 Å². The zero-order valence-electron chi connectivity index (χ0n) is 20.4. The Hall–Kier alpha value is -4.26. The predicted octanol–water partition coefficient (Wildman–Crippen LogP) is 4.51. The normalized spacial score (nSPS) is 12.4. The molecule has 7 nitrogen and oxygen atoms in total. The molecule has 0 saturated heterocycles. The summed E-state index contributed by atoms with van der Waals surface area (Å²) in [6, 6.07) is 20.9. The van der Waals surface area contributed by atoms with Crippen molar-refractivity contribution in [1.29, 1.82) is 0 Å². The molecule has 3 aromatic carbocycles. The minimum atomic E-state index is -0.210. The lowest BCUT2D eigenvalue weighted by molar-refractivity contribution is -0.119. The summed E-state index contributed by atoms with van der Waals surface area (Å²) in [5, 5.41) is 4.13. The number of hydrogen-bond acceptors (Lipinski definition) is 6. The first-order chi connectivity index (χ1) is 17.5. The summed E-state index contributed by atoms with van der Waals surface area (Å²) in [5.41, 5.74) is 3.91. The predicted molar refractivity (Wildman–Crippen MR) is 139 cm³/mol. The molecule has 1 N–H and O–H groups in total. The van der Waals surface area contributed by atoms with Crippen LogP contribution in [0, 0.1) is 6.92 Å². The van der Waals surface area contributed by atoms with Gasteiger partial charge in [-0.05, 0) is 48.9 Å². The highest BCUT2D eigenvalue weighted by Gasteiger charge is 2.18. The van der Waals surface area contributed by atoms with E-state index < -0.39 is 0 Å². The van der Waals surface area contributed by atoms with Crippen LogP contribution < -0.4 is 25.1 Å². The molecule has 0 bridgehead atoms. The van der Waals surface area contributed by atoms with Gasteiger partial charge in [0.15, 0.2) is 17.3 Å². The molecule has 5 rings (SSSR count). The minimum Gasteiger partial charge on any atom is -0.497 e. The monoisotopic (exact) mass is 484 g/mol. The van der Waals surface area contributed by atoms with Gasteiger partial charge < -0.3 is 24.1 Å². The fourth-order valence-electron chi connectivity index (χ4n) is 4.37. The third kappa shape index (κ3) is 5.05. The molecule has 0 unspecified atom stereocenters. The Balaban J connectivity index is 1.49. The molecule has 1 aliphatic heterocycles. The molecular weight excluding hydrogens is 456 g/mol. The number of pyridine rings is 1. The minimum absolute atomic E-state index is 0.0510. The Morgan fingerprint density at radius 1 is 1.00 bits per heavy atom. The maximum atomic E-state index is 13.6. The van der Waals surface area contributed by atoms with Gasteiger partial charge in [-0.3, -0.25) is 9.59 Å². The van der Waals surface area contributed by atoms with E-state index in [1.54, 1.807) is 17.7 Å². The van der Waals surface area contributed by atoms with E-state index >= 15 is 0 Å². The van der Waals surface area contributed by atoms with Gasteiger partial charge in [0.1, 0.15) is 19.0 Å². The van der Waals surface area contributed by atoms with E-state index in [0.717, 1.165) is 22.2 Å². The van der Waals surface area contributed by atoms with E-state index in [1.165, 1.54) is 0 Å². The van der Waals surface area contributed by atoms with Gasteiger partial charge in [0.05, 0.1) is 19.2 Å². The Kier molecular flexibility index (Phi) is 6.62. The molecule has 36 heavy (non-hydrogen) atoms. The highest BCUT2D eigenvalue weighted by Crippen LogP contribution is 2.34. The zero-order chi connectivity index (χ0) is 25.1. The number of ether oxygens (including phenoxy) is 3. The van der Waals surface area contributed by atoms with Crippen molar-refractivity contribution in [2.24, 2.45) is 0 Å². The van der Waals surface area contributed by atoms with Crippen molar-refractivity contribution in [3.8, 4) is 17.2 Å². The summed E-state index contributed by atoms with van der Waals surface area (Å²) in [5.74, 6) is 1.83. The van der Waals surface area contributed by atoms with Crippen molar-refractivity contribution < 1.29 is 19.0 Å². The quantitative estimate of drug-likeness (QED) is 0.396. The van der Waals surface area contributed by atoms with Crippen LogP contribution in [0.25, 0.3) is 10.9 Å². The van der Waals surface area contributed by atoms with Crippen LogP contribution in [0.5, 0.6) is 17.2 Å². The van der Waals surface area contributed by atoms with Crippen molar-refractivity contribution in [1.82, 2.24) is 4.57 Å². The smallest absolute Gasteiger partial charge is 0.256 e. The number of nitrogens with zero attached hydrogens (tertiary/aromatic N) is 1. The molecule has 0 radical (unpaired) electrons. The van der Waals surface area contributed by atoms with Crippen molar-refractivity contribution in [2.45, 2.75) is 26.4 Å². The summed E-state index contributed by atoms with van der Waals surface area (Å²) >= 11 is 0. The number of carbonyl (C=O) groups is 1. The second-order valence-corrected chi connectivity index (χ2v) is 8.90. The number of nitrogens with one attached hydrogen (secondary N) is 1. The number of anilines is 1. The fourth-order valence-corrected chi connectivity index (χ4v) is 4.37. The first kappa shape index (κ1) is 23.5. The molecule has 7 heteroatoms. The van der Waals surface area contributed by atoms with Crippen LogP contribution in [-0.2, 0) is 24.3 Å². The highest BCUT2D eigenvalue weighted by atomic mass is 16.6. The molecule has 1 aliphatic rings. The van der Waals surface area contributed by atoms with E-state index in [4.69, 9.17) is 14.2 Å². The number of Topliss-reactive ketones (excluding diaryl/α,β-unsaturated/α-hetero) is 1. The first-order valence-electron chi connectivity index (χ1n) is 11.9. The molecule has 0 atom stereocenters. The van der Waals surface area contributed by atoms with Crippen LogP contribution in [0.1, 0.15) is 16.7 Å². The second-order valence-electron chi connectivity index (χ2n) is 8.90. The summed E-state index contributed by atoms with van der Waals surface area (Å²) < 4.78 is 18.3. The number of methoxy groups -OCH3 is 1. The van der Waals surface area contributed by atoms with Crippen molar-refractivity contribution in [3.05, 3.63) is 93.8 Å². The summed E-state index contributed by atoms with van der Waals surface area (Å²) in [6.45, 7) is 3.22. The largest absolute Gasteiger partial charge is 0.497 e. The van der Waals surface area contributed by atoms with Crippen molar-refractivity contribution in [2.75, 3.05) is 25.6 Å². The van der Waals surface area contributed by atoms with E-state index in [1.807, 2.05) is 67.6 Å². The third-order valence-electron chi connectivity index (χ3n) is 6.24. The lowest BCUT2D eigenvalue weighted by atomic mass is 10.1. The van der Waals surface area contributed by atoms with Gasteiger partial charge >= 0.3 is 0 Å². The van der Waals surface area contributed by atoms with Gasteiger partial charge in [0, 0.05) is 35.7 Å². The SMILES string of the molecule is COc1cccc(CC(=O)Cn2c(=O)c(CNc3ccc(C)cc3)cc3cc4c(cc32)OCCO4)c1. The van der Waals surface area contributed by atoms with Crippen LogP contribution in [0.3, 0.4) is 0 Å². The molecule has 0 saturated carbocycles. The third-order valence-corrected chi connectivity index (χ3v) is 6.24. The zero-order valence-corrected chi connectivity index (χ0v) is 20.4. The standard InChI is InChI=1S/C29H28N2O5/c1-19-6-8-23(9-7-19)30-17-22-14-21-15-27-28(36-11-10-35-27)16-26(21)31(29(22)33)18-24(32)12-20-4-3-5-25(13-20)34-2/h3-9,13-16,30H,10-12,17-18H2,1-2H3. The van der Waals surface area contributed by atoms with Gasteiger partial charge in [-0.2, -0.15) is 0 Å².